The first-order valence-electron chi connectivity index (χ1n) is 3.37. The van der Waals surface area contributed by atoms with Crippen LogP contribution in [0.3, 0.4) is 0 Å². The molecule has 0 amide bonds. The van der Waals surface area contributed by atoms with Gasteiger partial charge in [0.1, 0.15) is 6.10 Å². The van der Waals surface area contributed by atoms with Gasteiger partial charge in [0, 0.05) is 7.11 Å². The molecule has 86 valence electrons. The van der Waals surface area contributed by atoms with Gasteiger partial charge in [0.05, 0.1) is 0 Å². The Kier molecular flexibility index (Phi) is 3.45. The lowest BCUT2D eigenvalue weighted by Crippen LogP contribution is -2.63. The second-order valence-electron chi connectivity index (χ2n) is 2.64. The number of halogens is 6. The summed E-state index contributed by atoms with van der Waals surface area (Å²) in [5.74, 6) is 0. The molecule has 0 aliphatic rings. The van der Waals surface area contributed by atoms with Crippen LogP contribution in [0.25, 0.3) is 0 Å². The molecule has 0 heterocycles. The number of rotatable bonds is 2. The molecule has 8 heteroatoms. The highest BCUT2D eigenvalue weighted by Gasteiger charge is 2.73. The van der Waals surface area contributed by atoms with Crippen LogP contribution in [-0.2, 0) is 4.74 Å². The standard InChI is InChI=1S/C6H8F6O2/c1-3(14-2)4(13,5(7,8)9)6(10,11)12/h3,13H,1-2H3. The van der Waals surface area contributed by atoms with Crippen molar-refractivity contribution in [1.82, 2.24) is 0 Å². The highest BCUT2D eigenvalue weighted by Crippen LogP contribution is 2.45. The Bertz CT molecular complexity index is 181. The molecule has 0 saturated carbocycles. The number of alkyl halides is 6. The quantitative estimate of drug-likeness (QED) is 0.728. The fourth-order valence-corrected chi connectivity index (χ4v) is 0.792. The van der Waals surface area contributed by atoms with Crippen LogP contribution in [-0.4, -0.2) is 36.3 Å². The van der Waals surface area contributed by atoms with Crippen LogP contribution < -0.4 is 0 Å². The van der Waals surface area contributed by atoms with Crippen LogP contribution >= 0.6 is 0 Å². The Balaban J connectivity index is 5.29. The molecule has 0 bridgehead atoms. The molecule has 2 nitrogen and oxygen atoms in total. The first-order chi connectivity index (χ1) is 5.98. The van der Waals surface area contributed by atoms with Crippen molar-refractivity contribution >= 4 is 0 Å². The van der Waals surface area contributed by atoms with Gasteiger partial charge in [-0.05, 0) is 6.92 Å². The zero-order chi connectivity index (χ0) is 11.8. The van der Waals surface area contributed by atoms with Gasteiger partial charge >= 0.3 is 12.4 Å². The number of hydrogen-bond donors (Lipinski definition) is 1. The normalized spacial score (nSPS) is 16.9. The number of methoxy groups -OCH3 is 1. The second-order valence-corrected chi connectivity index (χ2v) is 2.64. The van der Waals surface area contributed by atoms with E-state index in [9.17, 15) is 26.3 Å². The minimum Gasteiger partial charge on any atom is -0.378 e. The zero-order valence-corrected chi connectivity index (χ0v) is 7.20. The van der Waals surface area contributed by atoms with Gasteiger partial charge in [0.25, 0.3) is 5.60 Å². The predicted molar refractivity (Wildman–Crippen MR) is 33.5 cm³/mol. The lowest BCUT2D eigenvalue weighted by Gasteiger charge is -2.35. The maximum absolute atomic E-state index is 12.0. The first-order valence-corrected chi connectivity index (χ1v) is 3.37. The summed E-state index contributed by atoms with van der Waals surface area (Å²) < 4.78 is 75.8. The van der Waals surface area contributed by atoms with E-state index >= 15 is 0 Å². The van der Waals surface area contributed by atoms with Crippen LogP contribution in [0.5, 0.6) is 0 Å². The molecule has 0 fully saturated rings. The van der Waals surface area contributed by atoms with Crippen LogP contribution in [0.2, 0.25) is 0 Å². The van der Waals surface area contributed by atoms with Gasteiger partial charge in [-0.2, -0.15) is 26.3 Å². The van der Waals surface area contributed by atoms with Crippen LogP contribution in [0.15, 0.2) is 0 Å². The van der Waals surface area contributed by atoms with Crippen molar-refractivity contribution < 1.29 is 36.2 Å². The lowest BCUT2D eigenvalue weighted by atomic mass is 9.96. The van der Waals surface area contributed by atoms with Gasteiger partial charge in [-0.1, -0.05) is 0 Å². The molecule has 0 aliphatic heterocycles. The van der Waals surface area contributed by atoms with Crippen molar-refractivity contribution in [2.75, 3.05) is 7.11 Å². The van der Waals surface area contributed by atoms with Gasteiger partial charge in [-0.25, -0.2) is 0 Å². The lowest BCUT2D eigenvalue weighted by molar-refractivity contribution is -0.391. The van der Waals surface area contributed by atoms with E-state index in [1.54, 1.807) is 0 Å². The molecule has 0 rings (SSSR count). The highest BCUT2D eigenvalue weighted by molar-refractivity contribution is 4.98. The molecule has 1 N–H and O–H groups in total. The second kappa shape index (κ2) is 3.58. The molecular weight excluding hydrogens is 218 g/mol. The van der Waals surface area contributed by atoms with E-state index in [-0.39, 0.29) is 0 Å². The minimum atomic E-state index is -5.83. The van der Waals surface area contributed by atoms with Crippen LogP contribution in [0.1, 0.15) is 6.92 Å². The summed E-state index contributed by atoms with van der Waals surface area (Å²) in [6, 6.07) is 0. The third kappa shape index (κ3) is 1.95. The van der Waals surface area contributed by atoms with Crippen molar-refractivity contribution in [3.8, 4) is 0 Å². The van der Waals surface area contributed by atoms with E-state index in [2.05, 4.69) is 4.74 Å². The largest absolute Gasteiger partial charge is 0.428 e. The number of aliphatic hydroxyl groups is 1. The summed E-state index contributed by atoms with van der Waals surface area (Å²) in [5.41, 5.74) is -4.84. The van der Waals surface area contributed by atoms with Crippen molar-refractivity contribution in [3.63, 3.8) is 0 Å². The first kappa shape index (κ1) is 13.5. The van der Waals surface area contributed by atoms with Gasteiger partial charge in [-0.3, -0.25) is 0 Å². The molecule has 0 spiro atoms. The van der Waals surface area contributed by atoms with Gasteiger partial charge in [-0.15, -0.1) is 0 Å². The van der Waals surface area contributed by atoms with E-state index in [1.807, 2.05) is 0 Å². The topological polar surface area (TPSA) is 29.5 Å². The van der Waals surface area contributed by atoms with E-state index < -0.39 is 24.1 Å². The van der Waals surface area contributed by atoms with Gasteiger partial charge < -0.3 is 9.84 Å². The third-order valence-corrected chi connectivity index (χ3v) is 1.81. The molecule has 0 aromatic rings. The van der Waals surface area contributed by atoms with E-state index in [0.717, 1.165) is 0 Å². The zero-order valence-electron chi connectivity index (χ0n) is 7.20. The number of hydrogen-bond acceptors (Lipinski definition) is 2. The SMILES string of the molecule is COC(C)C(O)(C(F)(F)F)C(F)(F)F. The molecule has 1 atom stereocenters. The van der Waals surface area contributed by atoms with Gasteiger partial charge in [0.2, 0.25) is 0 Å². The molecule has 0 radical (unpaired) electrons. The van der Waals surface area contributed by atoms with Crippen molar-refractivity contribution in [2.45, 2.75) is 31.0 Å². The maximum atomic E-state index is 12.0. The van der Waals surface area contributed by atoms with Crippen LogP contribution in [0, 0.1) is 0 Å². The predicted octanol–water partition coefficient (Wildman–Crippen LogP) is 1.88. The Morgan fingerprint density at radius 2 is 1.29 bits per heavy atom. The smallest absolute Gasteiger partial charge is 0.378 e. The summed E-state index contributed by atoms with van der Waals surface area (Å²) in [6.07, 6.45) is -14.1. The number of ether oxygens (including phenoxy) is 1. The summed E-state index contributed by atoms with van der Waals surface area (Å²) in [4.78, 5) is 0. The summed E-state index contributed by atoms with van der Waals surface area (Å²) in [7, 11) is 0.646. The Labute approximate surface area is 75.5 Å². The van der Waals surface area contributed by atoms with Crippen LogP contribution in [0.4, 0.5) is 26.3 Å². The van der Waals surface area contributed by atoms with Crippen molar-refractivity contribution in [1.29, 1.82) is 0 Å². The average Bonchev–Trinajstić information content (AvgIpc) is 1.97. The van der Waals surface area contributed by atoms with Crippen molar-refractivity contribution in [3.05, 3.63) is 0 Å². The van der Waals surface area contributed by atoms with E-state index in [4.69, 9.17) is 5.11 Å². The third-order valence-electron chi connectivity index (χ3n) is 1.81. The van der Waals surface area contributed by atoms with Gasteiger partial charge in [0.15, 0.2) is 0 Å². The maximum Gasteiger partial charge on any atom is 0.428 e. The summed E-state index contributed by atoms with van der Waals surface area (Å²) in [5, 5.41) is 8.58. The minimum absolute atomic E-state index is 0.487. The molecular formula is C6H8F6O2. The van der Waals surface area contributed by atoms with Crippen molar-refractivity contribution in [2.24, 2.45) is 0 Å². The Morgan fingerprint density at radius 3 is 1.36 bits per heavy atom. The van der Waals surface area contributed by atoms with E-state index in [0.29, 0.717) is 14.0 Å². The average molecular weight is 226 g/mol. The Morgan fingerprint density at radius 1 is 1.00 bits per heavy atom. The fraction of sp³-hybridized carbons (Fsp3) is 1.00. The van der Waals surface area contributed by atoms with E-state index in [1.165, 1.54) is 0 Å². The molecule has 0 aromatic heterocycles. The Hall–Kier alpha value is -0.500. The molecule has 0 aromatic carbocycles. The highest BCUT2D eigenvalue weighted by atomic mass is 19.4. The summed E-state index contributed by atoms with van der Waals surface area (Å²) >= 11 is 0. The molecule has 0 aliphatic carbocycles. The molecule has 14 heavy (non-hydrogen) atoms. The molecule has 1 unspecified atom stereocenters. The summed E-state index contributed by atoms with van der Waals surface area (Å²) in [6.45, 7) is 0.487. The monoisotopic (exact) mass is 226 g/mol. The fourth-order valence-electron chi connectivity index (χ4n) is 0.792. The molecule has 0 saturated heterocycles.